The molecule has 11 rings (SSSR count). The fourth-order valence-electron chi connectivity index (χ4n) is 9.33. The molecule has 0 saturated heterocycles. The van der Waals surface area contributed by atoms with Gasteiger partial charge in [-0.25, -0.2) is 9.97 Å². The number of hydrogen-bond donors (Lipinski definition) is 0. The standard InChI is InChI=1S/C57H40N2/c1-57(2)52-35-44(29-30-49(52)50-31-28-39-16-9-10-21-46(39)55(50)57)45-32-33-51(48-23-12-11-22-47(45)48)56-58-53(40-17-7-4-8-18-40)36-54(59-56)41-26-24-38(25-27-41)43-20-13-19-42(34-43)37-14-5-3-6-15-37/h3-36H,1-2H3. The van der Waals surface area contributed by atoms with Gasteiger partial charge in [-0.15, -0.1) is 0 Å². The van der Waals surface area contributed by atoms with Gasteiger partial charge in [0.05, 0.1) is 11.4 Å². The highest BCUT2D eigenvalue weighted by Gasteiger charge is 2.37. The van der Waals surface area contributed by atoms with Gasteiger partial charge in [0.1, 0.15) is 0 Å². The molecular weight excluding hydrogens is 713 g/mol. The van der Waals surface area contributed by atoms with E-state index in [0.29, 0.717) is 5.82 Å². The Bertz CT molecular complexity index is 3220. The first-order valence-corrected chi connectivity index (χ1v) is 20.4. The Hall–Kier alpha value is -7.42. The average Bonchev–Trinajstić information content (AvgIpc) is 3.54. The molecule has 0 saturated carbocycles. The van der Waals surface area contributed by atoms with Crippen molar-refractivity contribution in [2.45, 2.75) is 19.3 Å². The molecule has 1 aliphatic rings. The minimum absolute atomic E-state index is 0.135. The molecule has 0 aliphatic heterocycles. The largest absolute Gasteiger partial charge is 0.228 e. The summed E-state index contributed by atoms with van der Waals surface area (Å²) in [5.74, 6) is 0.709. The van der Waals surface area contributed by atoms with Crippen molar-refractivity contribution >= 4 is 21.5 Å². The van der Waals surface area contributed by atoms with E-state index in [0.717, 1.165) is 39.0 Å². The first-order chi connectivity index (χ1) is 29.0. The van der Waals surface area contributed by atoms with Crippen LogP contribution in [0, 0.1) is 0 Å². The zero-order chi connectivity index (χ0) is 39.5. The highest BCUT2D eigenvalue weighted by molar-refractivity contribution is 6.05. The Kier molecular flexibility index (Phi) is 8.20. The van der Waals surface area contributed by atoms with Crippen LogP contribution in [0.3, 0.4) is 0 Å². The van der Waals surface area contributed by atoms with E-state index in [4.69, 9.17) is 9.97 Å². The van der Waals surface area contributed by atoms with Gasteiger partial charge in [-0.2, -0.15) is 0 Å². The second kappa shape index (κ2) is 13.9. The lowest BCUT2D eigenvalue weighted by Crippen LogP contribution is -2.15. The van der Waals surface area contributed by atoms with Crippen LogP contribution in [-0.4, -0.2) is 9.97 Å². The summed E-state index contributed by atoms with van der Waals surface area (Å²) in [5, 5.41) is 4.94. The van der Waals surface area contributed by atoms with Crippen molar-refractivity contribution in [3.63, 3.8) is 0 Å². The smallest absolute Gasteiger partial charge is 0.161 e. The molecule has 10 aromatic rings. The SMILES string of the molecule is CC1(C)c2cc(-c3ccc(-c4nc(-c5ccccc5)cc(-c5ccc(-c6cccc(-c7ccccc7)c6)cc5)n4)c4ccccc34)ccc2-c2ccc3ccccc3c21. The topological polar surface area (TPSA) is 25.8 Å². The Labute approximate surface area is 345 Å². The lowest BCUT2D eigenvalue weighted by molar-refractivity contribution is 0.666. The van der Waals surface area contributed by atoms with Crippen molar-refractivity contribution in [3.8, 4) is 78.4 Å². The van der Waals surface area contributed by atoms with Gasteiger partial charge in [-0.3, -0.25) is 0 Å². The van der Waals surface area contributed by atoms with Gasteiger partial charge < -0.3 is 0 Å². The highest BCUT2D eigenvalue weighted by Crippen LogP contribution is 2.52. The van der Waals surface area contributed by atoms with Gasteiger partial charge in [0.2, 0.25) is 0 Å². The van der Waals surface area contributed by atoms with Crippen LogP contribution in [0.15, 0.2) is 206 Å². The lowest BCUT2D eigenvalue weighted by atomic mass is 9.79. The molecule has 59 heavy (non-hydrogen) atoms. The first-order valence-electron chi connectivity index (χ1n) is 20.4. The predicted octanol–water partition coefficient (Wildman–Crippen LogP) is 15.1. The predicted molar refractivity (Wildman–Crippen MR) is 247 cm³/mol. The number of fused-ring (bicyclic) bond motifs is 6. The molecule has 0 amide bonds. The Balaban J connectivity index is 1.00. The zero-order valence-corrected chi connectivity index (χ0v) is 33.0. The van der Waals surface area contributed by atoms with Crippen molar-refractivity contribution in [1.29, 1.82) is 0 Å². The van der Waals surface area contributed by atoms with E-state index >= 15 is 0 Å². The molecule has 0 bridgehead atoms. The molecule has 2 nitrogen and oxygen atoms in total. The monoisotopic (exact) mass is 752 g/mol. The number of aromatic nitrogens is 2. The number of benzene rings is 9. The number of nitrogens with zero attached hydrogens (tertiary/aromatic N) is 2. The minimum atomic E-state index is -0.135. The van der Waals surface area contributed by atoms with Gasteiger partial charge >= 0.3 is 0 Å². The molecule has 278 valence electrons. The number of rotatable bonds is 6. The molecule has 1 aliphatic carbocycles. The summed E-state index contributed by atoms with van der Waals surface area (Å²) in [6.45, 7) is 4.75. The maximum Gasteiger partial charge on any atom is 0.161 e. The molecule has 0 spiro atoms. The normalized spacial score (nSPS) is 12.7. The van der Waals surface area contributed by atoms with E-state index in [9.17, 15) is 0 Å². The van der Waals surface area contributed by atoms with E-state index in [1.807, 2.05) is 6.07 Å². The third kappa shape index (κ3) is 5.96. The van der Waals surface area contributed by atoms with Crippen molar-refractivity contribution in [2.24, 2.45) is 0 Å². The van der Waals surface area contributed by atoms with Crippen LogP contribution in [0.5, 0.6) is 0 Å². The van der Waals surface area contributed by atoms with Crippen LogP contribution >= 0.6 is 0 Å². The average molecular weight is 753 g/mol. The molecule has 0 unspecified atom stereocenters. The van der Waals surface area contributed by atoms with E-state index in [2.05, 4.69) is 214 Å². The Morgan fingerprint density at radius 1 is 0.322 bits per heavy atom. The summed E-state index contributed by atoms with van der Waals surface area (Å²) in [6, 6.07) is 74.2. The molecular formula is C57H40N2. The van der Waals surface area contributed by atoms with Gasteiger partial charge in [-0.05, 0) is 101 Å². The van der Waals surface area contributed by atoms with E-state index < -0.39 is 0 Å². The zero-order valence-electron chi connectivity index (χ0n) is 33.0. The first kappa shape index (κ1) is 34.8. The Morgan fingerprint density at radius 3 is 1.53 bits per heavy atom. The van der Waals surface area contributed by atoms with Crippen LogP contribution in [0.4, 0.5) is 0 Å². The molecule has 1 heterocycles. The fraction of sp³-hybridized carbons (Fsp3) is 0.0526. The summed E-state index contributed by atoms with van der Waals surface area (Å²) >= 11 is 0. The van der Waals surface area contributed by atoms with Crippen LogP contribution in [-0.2, 0) is 5.41 Å². The second-order valence-corrected chi connectivity index (χ2v) is 16.2. The molecule has 0 fully saturated rings. The molecule has 0 N–H and O–H groups in total. The molecule has 2 heteroatoms. The minimum Gasteiger partial charge on any atom is -0.228 e. The van der Waals surface area contributed by atoms with Crippen LogP contribution in [0.2, 0.25) is 0 Å². The lowest BCUT2D eigenvalue weighted by Gasteiger charge is -2.24. The maximum absolute atomic E-state index is 5.31. The third-order valence-corrected chi connectivity index (χ3v) is 12.3. The molecule has 0 atom stereocenters. The quantitative estimate of drug-likeness (QED) is 0.169. The van der Waals surface area contributed by atoms with Crippen molar-refractivity contribution < 1.29 is 0 Å². The van der Waals surface area contributed by atoms with E-state index in [1.165, 1.54) is 66.2 Å². The molecule has 0 radical (unpaired) electrons. The van der Waals surface area contributed by atoms with Crippen molar-refractivity contribution in [2.75, 3.05) is 0 Å². The van der Waals surface area contributed by atoms with Crippen LogP contribution in [0.1, 0.15) is 25.0 Å². The second-order valence-electron chi connectivity index (χ2n) is 16.2. The highest BCUT2D eigenvalue weighted by atomic mass is 14.9. The van der Waals surface area contributed by atoms with Gasteiger partial charge in [-0.1, -0.05) is 196 Å². The number of hydrogen-bond acceptors (Lipinski definition) is 2. The van der Waals surface area contributed by atoms with Crippen molar-refractivity contribution in [3.05, 3.63) is 217 Å². The maximum atomic E-state index is 5.31. The summed E-state index contributed by atoms with van der Waals surface area (Å²) in [7, 11) is 0. The Morgan fingerprint density at radius 2 is 0.814 bits per heavy atom. The van der Waals surface area contributed by atoms with Gasteiger partial charge in [0, 0.05) is 22.1 Å². The molecule has 9 aromatic carbocycles. The van der Waals surface area contributed by atoms with Gasteiger partial charge in [0.25, 0.3) is 0 Å². The van der Waals surface area contributed by atoms with E-state index in [-0.39, 0.29) is 5.41 Å². The van der Waals surface area contributed by atoms with Crippen LogP contribution in [0.25, 0.3) is 100.0 Å². The van der Waals surface area contributed by atoms with E-state index in [1.54, 1.807) is 0 Å². The molecule has 1 aromatic heterocycles. The fourth-order valence-corrected chi connectivity index (χ4v) is 9.33. The summed E-state index contributed by atoms with van der Waals surface area (Å²) in [5.41, 5.74) is 17.4. The third-order valence-electron chi connectivity index (χ3n) is 12.3. The summed E-state index contributed by atoms with van der Waals surface area (Å²) in [4.78, 5) is 10.6. The summed E-state index contributed by atoms with van der Waals surface area (Å²) < 4.78 is 0. The summed E-state index contributed by atoms with van der Waals surface area (Å²) in [6.07, 6.45) is 0. The van der Waals surface area contributed by atoms with Gasteiger partial charge in [0.15, 0.2) is 5.82 Å². The van der Waals surface area contributed by atoms with Crippen molar-refractivity contribution in [1.82, 2.24) is 9.97 Å². The van der Waals surface area contributed by atoms with Crippen LogP contribution < -0.4 is 0 Å².